The molecule has 2 aromatic carbocycles. The van der Waals surface area contributed by atoms with Gasteiger partial charge in [-0.05, 0) is 23.8 Å². The molecule has 2 aromatic heterocycles. The predicted molar refractivity (Wildman–Crippen MR) is 138 cm³/mol. The van der Waals surface area contributed by atoms with Crippen molar-refractivity contribution in [2.45, 2.75) is 26.0 Å². The van der Waals surface area contributed by atoms with Gasteiger partial charge in [-0.15, -0.1) is 11.3 Å². The molecule has 0 aliphatic carbocycles. The van der Waals surface area contributed by atoms with Crippen molar-refractivity contribution in [1.82, 2.24) is 15.3 Å². The van der Waals surface area contributed by atoms with Gasteiger partial charge in [0.15, 0.2) is 0 Å². The van der Waals surface area contributed by atoms with Gasteiger partial charge in [-0.25, -0.2) is 9.97 Å². The van der Waals surface area contributed by atoms with Crippen LogP contribution in [0.3, 0.4) is 0 Å². The van der Waals surface area contributed by atoms with E-state index in [9.17, 15) is 15.0 Å². The predicted octanol–water partition coefficient (Wildman–Crippen LogP) is 4.33. The van der Waals surface area contributed by atoms with E-state index in [0.717, 1.165) is 21.5 Å². The molecule has 8 nitrogen and oxygen atoms in total. The number of aromatic nitrogens is 2. The van der Waals surface area contributed by atoms with Crippen LogP contribution < -0.4 is 16.0 Å². The largest absolute Gasteiger partial charge is 0.394 e. The Kier molecular flexibility index (Phi) is 8.92. The van der Waals surface area contributed by atoms with E-state index < -0.39 is 18.8 Å². The summed E-state index contributed by atoms with van der Waals surface area (Å²) in [7, 11) is 1.54. The summed E-state index contributed by atoms with van der Waals surface area (Å²) < 4.78 is 1.05. The van der Waals surface area contributed by atoms with Gasteiger partial charge >= 0.3 is 0 Å². The molecule has 0 aliphatic rings. The molecule has 0 fully saturated rings. The normalized spacial score (nSPS) is 12.3. The minimum atomic E-state index is -1.08. The number of hydrogen-bond acceptors (Lipinski definition) is 8. The fraction of sp³-hybridized carbons (Fsp3) is 0.240. The third-order valence-corrected chi connectivity index (χ3v) is 5.81. The Balaban J connectivity index is 0.00000158. The molecule has 0 saturated carbocycles. The molecule has 5 N–H and O–H groups in total. The molecule has 2 atom stereocenters. The SMILES string of the molecule is CC.CNC(=O)c1cnc(Nc2ccc3ncsc3c2)cc1N[C@@H](c1ccccc1)[C@H](O)CO. The van der Waals surface area contributed by atoms with Crippen LogP contribution in [0.5, 0.6) is 0 Å². The number of nitrogens with zero attached hydrogens (tertiary/aromatic N) is 2. The average molecular weight is 480 g/mol. The Hall–Kier alpha value is -3.53. The van der Waals surface area contributed by atoms with Gasteiger partial charge in [0, 0.05) is 25.0 Å². The Bertz CT molecular complexity index is 1220. The highest BCUT2D eigenvalue weighted by atomic mass is 32.1. The van der Waals surface area contributed by atoms with Crippen LogP contribution in [0.2, 0.25) is 0 Å². The minimum absolute atomic E-state index is 0.317. The fourth-order valence-corrected chi connectivity index (χ4v) is 4.09. The highest BCUT2D eigenvalue weighted by Crippen LogP contribution is 2.29. The second-order valence-corrected chi connectivity index (χ2v) is 8.02. The quantitative estimate of drug-likeness (QED) is 0.255. The number of hydrogen-bond donors (Lipinski definition) is 5. The molecule has 0 saturated heterocycles. The molecule has 0 aliphatic heterocycles. The summed E-state index contributed by atoms with van der Waals surface area (Å²) in [6.07, 6.45) is 0.399. The monoisotopic (exact) mass is 479 g/mol. The number of benzene rings is 2. The van der Waals surface area contributed by atoms with Crippen molar-refractivity contribution < 1.29 is 15.0 Å². The maximum Gasteiger partial charge on any atom is 0.254 e. The zero-order valence-corrected chi connectivity index (χ0v) is 20.1. The number of anilines is 3. The van der Waals surface area contributed by atoms with E-state index in [4.69, 9.17) is 0 Å². The second kappa shape index (κ2) is 12.1. The number of rotatable bonds is 8. The van der Waals surface area contributed by atoms with Crippen LogP contribution in [-0.4, -0.2) is 45.8 Å². The third-order valence-electron chi connectivity index (χ3n) is 5.02. The fourth-order valence-electron chi connectivity index (χ4n) is 3.37. The Morgan fingerprint density at radius 2 is 1.85 bits per heavy atom. The van der Waals surface area contributed by atoms with Crippen molar-refractivity contribution in [2.75, 3.05) is 24.3 Å². The standard InChI is InChI=1S/C23H23N5O3S.C2H6/c1-24-23(31)16-11-25-21(27-15-7-8-17-20(9-15)32-13-26-17)10-18(16)28-22(19(30)12-29)14-5-3-2-4-6-14;1-2/h2-11,13,19,22,29-30H,12H2,1H3,(H,24,31)(H2,25,27,28);1-2H3/t19-,22+;/m1./s1. The molecule has 0 spiro atoms. The lowest BCUT2D eigenvalue weighted by molar-refractivity contribution is 0.0793. The number of carbonyl (C=O) groups excluding carboxylic acids is 1. The van der Waals surface area contributed by atoms with E-state index in [-0.39, 0.29) is 5.91 Å². The summed E-state index contributed by atoms with van der Waals surface area (Å²) in [5.41, 5.74) is 5.13. The molecule has 0 bridgehead atoms. The van der Waals surface area contributed by atoms with Crippen molar-refractivity contribution in [3.05, 3.63) is 77.4 Å². The number of pyridine rings is 1. The van der Waals surface area contributed by atoms with Gasteiger partial charge in [0.1, 0.15) is 11.9 Å². The first-order chi connectivity index (χ1) is 16.6. The van der Waals surface area contributed by atoms with Crippen LogP contribution in [0.1, 0.15) is 35.8 Å². The van der Waals surface area contributed by atoms with Crippen LogP contribution in [0.25, 0.3) is 10.2 Å². The molecular weight excluding hydrogens is 450 g/mol. The number of thiazole rings is 1. The van der Waals surface area contributed by atoms with Crippen LogP contribution in [0.4, 0.5) is 17.2 Å². The van der Waals surface area contributed by atoms with E-state index in [1.54, 1.807) is 30.0 Å². The van der Waals surface area contributed by atoms with Crippen LogP contribution in [0, 0.1) is 0 Å². The molecule has 0 unspecified atom stereocenters. The average Bonchev–Trinajstić information content (AvgIpc) is 3.36. The van der Waals surface area contributed by atoms with E-state index in [1.165, 1.54) is 6.20 Å². The Morgan fingerprint density at radius 3 is 2.56 bits per heavy atom. The van der Waals surface area contributed by atoms with E-state index in [0.29, 0.717) is 17.1 Å². The second-order valence-electron chi connectivity index (χ2n) is 7.14. The first kappa shape index (κ1) is 25.1. The topological polar surface area (TPSA) is 119 Å². The van der Waals surface area contributed by atoms with Crippen molar-refractivity contribution >= 4 is 44.7 Å². The molecule has 9 heteroatoms. The zero-order valence-electron chi connectivity index (χ0n) is 19.3. The van der Waals surface area contributed by atoms with Crippen molar-refractivity contribution in [2.24, 2.45) is 0 Å². The number of aliphatic hydroxyl groups is 2. The van der Waals surface area contributed by atoms with E-state index >= 15 is 0 Å². The Labute approximate surface area is 202 Å². The van der Waals surface area contributed by atoms with Crippen LogP contribution >= 0.6 is 11.3 Å². The van der Waals surface area contributed by atoms with Gasteiger partial charge in [-0.3, -0.25) is 4.79 Å². The summed E-state index contributed by atoms with van der Waals surface area (Å²) in [6.45, 7) is 3.56. The van der Waals surface area contributed by atoms with Gasteiger partial charge in [-0.1, -0.05) is 44.2 Å². The maximum atomic E-state index is 12.4. The van der Waals surface area contributed by atoms with Gasteiger partial charge < -0.3 is 26.2 Å². The molecular formula is C25H29N5O3S. The van der Waals surface area contributed by atoms with Gasteiger partial charge in [0.2, 0.25) is 0 Å². The lowest BCUT2D eigenvalue weighted by Crippen LogP contribution is -2.30. The first-order valence-corrected chi connectivity index (χ1v) is 11.9. The number of carbonyl (C=O) groups is 1. The van der Waals surface area contributed by atoms with Gasteiger partial charge in [0.25, 0.3) is 5.91 Å². The molecule has 178 valence electrons. The highest BCUT2D eigenvalue weighted by Gasteiger charge is 2.23. The van der Waals surface area contributed by atoms with Crippen molar-refractivity contribution in [3.8, 4) is 0 Å². The molecule has 2 heterocycles. The highest BCUT2D eigenvalue weighted by molar-refractivity contribution is 7.16. The van der Waals surface area contributed by atoms with Gasteiger partial charge in [0.05, 0.1) is 39.6 Å². The van der Waals surface area contributed by atoms with Crippen molar-refractivity contribution in [3.63, 3.8) is 0 Å². The summed E-state index contributed by atoms with van der Waals surface area (Å²) in [4.78, 5) is 21.1. The summed E-state index contributed by atoms with van der Waals surface area (Å²) >= 11 is 1.55. The van der Waals surface area contributed by atoms with Crippen molar-refractivity contribution in [1.29, 1.82) is 0 Å². The lowest BCUT2D eigenvalue weighted by Gasteiger charge is -2.25. The van der Waals surface area contributed by atoms with Crippen LogP contribution in [0.15, 0.2) is 66.3 Å². The summed E-state index contributed by atoms with van der Waals surface area (Å²) in [5, 5.41) is 29.1. The molecule has 0 radical (unpaired) electrons. The molecule has 4 aromatic rings. The Morgan fingerprint density at radius 1 is 1.09 bits per heavy atom. The van der Waals surface area contributed by atoms with Crippen LogP contribution in [-0.2, 0) is 0 Å². The number of amides is 1. The molecule has 1 amide bonds. The summed E-state index contributed by atoms with van der Waals surface area (Å²) in [6, 6.07) is 16.2. The third kappa shape index (κ3) is 5.88. The summed E-state index contributed by atoms with van der Waals surface area (Å²) in [5.74, 6) is 0.206. The molecule has 4 rings (SSSR count). The molecule has 34 heavy (non-hydrogen) atoms. The lowest BCUT2D eigenvalue weighted by atomic mass is 10.0. The number of aliphatic hydroxyl groups excluding tert-OH is 2. The van der Waals surface area contributed by atoms with E-state index in [2.05, 4.69) is 25.9 Å². The maximum absolute atomic E-state index is 12.4. The number of fused-ring (bicyclic) bond motifs is 1. The zero-order chi connectivity index (χ0) is 24.5. The van der Waals surface area contributed by atoms with Gasteiger partial charge in [-0.2, -0.15) is 0 Å². The smallest absolute Gasteiger partial charge is 0.254 e. The minimum Gasteiger partial charge on any atom is -0.394 e. The van der Waals surface area contributed by atoms with E-state index in [1.807, 2.05) is 62.4 Å². The first-order valence-electron chi connectivity index (χ1n) is 11.0. The number of nitrogens with one attached hydrogen (secondary N) is 3.